The summed E-state index contributed by atoms with van der Waals surface area (Å²) in [5, 5.41) is 0. The van der Waals surface area contributed by atoms with Gasteiger partial charge in [0, 0.05) is 11.6 Å². The number of halogens is 4. The van der Waals surface area contributed by atoms with Crippen LogP contribution in [0.15, 0.2) is 0 Å². The van der Waals surface area contributed by atoms with E-state index in [0.29, 0.717) is 0 Å². The monoisotopic (exact) mass is 238 g/mol. The number of alkyl halides is 3. The molecule has 2 nitrogen and oxygen atoms in total. The summed E-state index contributed by atoms with van der Waals surface area (Å²) in [5.41, 5.74) is -2.09. The fraction of sp³-hybridized carbons (Fsp3) is 0.800. The van der Waals surface area contributed by atoms with Gasteiger partial charge in [0.1, 0.15) is 4.84 Å². The third kappa shape index (κ3) is 3.70. The van der Waals surface area contributed by atoms with Crippen LogP contribution in [-0.2, 0) is 4.74 Å². The lowest BCUT2D eigenvalue weighted by molar-refractivity contribution is 0.0706. The molecule has 0 radical (unpaired) electrons. The van der Waals surface area contributed by atoms with Gasteiger partial charge in [0.2, 0.25) is 0 Å². The van der Waals surface area contributed by atoms with Crippen molar-refractivity contribution in [2.75, 3.05) is 5.88 Å². The Morgan fingerprint density at radius 3 is 2.18 bits per heavy atom. The number of rotatable bonds is 3. The van der Waals surface area contributed by atoms with Gasteiger partial charge in [-0.2, -0.15) is 0 Å². The van der Waals surface area contributed by atoms with Gasteiger partial charge in [-0.1, -0.05) is 0 Å². The normalized spacial score (nSPS) is 16.2. The zero-order valence-corrected chi connectivity index (χ0v) is 8.64. The van der Waals surface area contributed by atoms with Crippen molar-refractivity contribution in [3.63, 3.8) is 0 Å². The number of hydrogen-bond acceptors (Lipinski definition) is 2. The largest absolute Gasteiger partial charge is 0.443 e. The van der Waals surface area contributed by atoms with Gasteiger partial charge >= 0.3 is 5.43 Å². The summed E-state index contributed by atoms with van der Waals surface area (Å²) >= 11 is 21.3. The van der Waals surface area contributed by atoms with E-state index >= 15 is 0 Å². The minimum Gasteiger partial charge on any atom is -0.443 e. The average Bonchev–Trinajstić information content (AvgIpc) is 1.86. The van der Waals surface area contributed by atoms with Gasteiger partial charge in [-0.3, -0.25) is 0 Å². The zero-order chi connectivity index (χ0) is 9.07. The number of carbonyl (C=O) groups is 1. The van der Waals surface area contributed by atoms with Gasteiger partial charge in [0.05, 0.1) is 5.88 Å². The average molecular weight is 240 g/mol. The number of hydrogen-bond donors (Lipinski definition) is 0. The highest BCUT2D eigenvalue weighted by molar-refractivity contribution is 6.61. The molecule has 11 heavy (non-hydrogen) atoms. The molecular weight excluding hydrogens is 234 g/mol. The standard InChI is InChI=1S/C5H6Cl4O2/c1-5(2-6,3(7)8)11-4(9)10/h3H,2H2,1H3. The van der Waals surface area contributed by atoms with E-state index in [-0.39, 0.29) is 5.88 Å². The van der Waals surface area contributed by atoms with Crippen molar-refractivity contribution in [3.8, 4) is 0 Å². The van der Waals surface area contributed by atoms with Crippen molar-refractivity contribution in [2.24, 2.45) is 0 Å². The molecule has 0 fully saturated rings. The summed E-state index contributed by atoms with van der Waals surface area (Å²) in [6.45, 7) is 1.49. The Kier molecular flexibility index (Phi) is 4.87. The smallest absolute Gasteiger partial charge is 0.404 e. The Hall–Kier alpha value is 0.630. The summed E-state index contributed by atoms with van der Waals surface area (Å²) in [5.74, 6) is -0.0108. The maximum absolute atomic E-state index is 10.3. The summed E-state index contributed by atoms with van der Waals surface area (Å²) in [4.78, 5) is 9.39. The van der Waals surface area contributed by atoms with Gasteiger partial charge in [-0.25, -0.2) is 4.79 Å². The maximum atomic E-state index is 10.3. The molecule has 0 spiro atoms. The lowest BCUT2D eigenvalue weighted by Gasteiger charge is -2.26. The maximum Gasteiger partial charge on any atom is 0.404 e. The number of carbonyl (C=O) groups excluding carboxylic acids is 1. The van der Waals surface area contributed by atoms with Crippen LogP contribution in [0.25, 0.3) is 0 Å². The molecule has 1 unspecified atom stereocenters. The molecular formula is C5H6Cl4O2. The highest BCUT2D eigenvalue weighted by Crippen LogP contribution is 2.26. The fourth-order valence-corrected chi connectivity index (χ4v) is 1.10. The molecule has 0 aromatic rings. The third-order valence-electron chi connectivity index (χ3n) is 1.04. The fourth-order valence-electron chi connectivity index (χ4n) is 0.313. The Morgan fingerprint density at radius 1 is 1.64 bits per heavy atom. The predicted molar refractivity (Wildman–Crippen MR) is 47.0 cm³/mol. The molecule has 0 heterocycles. The summed E-state index contributed by atoms with van der Waals surface area (Å²) in [6, 6.07) is 0. The van der Waals surface area contributed by atoms with E-state index in [1.807, 2.05) is 0 Å². The summed E-state index contributed by atoms with van der Waals surface area (Å²) in [7, 11) is 0. The van der Waals surface area contributed by atoms with E-state index in [2.05, 4.69) is 4.74 Å². The highest BCUT2D eigenvalue weighted by atomic mass is 35.5. The zero-order valence-electron chi connectivity index (χ0n) is 5.61. The van der Waals surface area contributed by atoms with Crippen molar-refractivity contribution < 1.29 is 9.53 Å². The van der Waals surface area contributed by atoms with Gasteiger partial charge in [0.25, 0.3) is 0 Å². The van der Waals surface area contributed by atoms with Gasteiger partial charge in [0.15, 0.2) is 5.60 Å². The van der Waals surface area contributed by atoms with Crippen molar-refractivity contribution in [1.29, 1.82) is 0 Å². The van der Waals surface area contributed by atoms with Crippen molar-refractivity contribution in [2.45, 2.75) is 17.4 Å². The van der Waals surface area contributed by atoms with E-state index in [1.54, 1.807) is 0 Å². The Labute approximate surface area is 84.7 Å². The lowest BCUT2D eigenvalue weighted by Crippen LogP contribution is -2.38. The molecule has 0 aromatic carbocycles. The predicted octanol–water partition coefficient (Wildman–Crippen LogP) is 3.16. The minimum absolute atomic E-state index is 0.0108. The molecule has 0 rings (SSSR count). The molecule has 0 bridgehead atoms. The van der Waals surface area contributed by atoms with Crippen LogP contribution < -0.4 is 0 Å². The number of ether oxygens (including phenoxy) is 1. The summed E-state index contributed by atoms with van der Waals surface area (Å²) in [6.07, 6.45) is 0. The Bertz CT molecular complexity index is 149. The van der Waals surface area contributed by atoms with E-state index < -0.39 is 15.9 Å². The van der Waals surface area contributed by atoms with E-state index in [9.17, 15) is 4.79 Å². The first-order valence-electron chi connectivity index (χ1n) is 2.65. The van der Waals surface area contributed by atoms with Crippen molar-refractivity contribution in [1.82, 2.24) is 0 Å². The van der Waals surface area contributed by atoms with Crippen LogP contribution in [0.5, 0.6) is 0 Å². The second-order valence-electron chi connectivity index (χ2n) is 2.09. The van der Waals surface area contributed by atoms with E-state index in [1.165, 1.54) is 6.92 Å². The van der Waals surface area contributed by atoms with Gasteiger partial charge in [-0.05, 0) is 6.92 Å². The molecule has 0 aliphatic heterocycles. The summed E-state index contributed by atoms with van der Waals surface area (Å²) < 4.78 is 4.58. The molecule has 0 saturated heterocycles. The van der Waals surface area contributed by atoms with Crippen molar-refractivity contribution in [3.05, 3.63) is 0 Å². The molecule has 1 atom stereocenters. The molecule has 66 valence electrons. The first-order chi connectivity index (χ1) is 4.92. The third-order valence-corrected chi connectivity index (χ3v) is 2.57. The van der Waals surface area contributed by atoms with Crippen LogP contribution in [0.3, 0.4) is 0 Å². The van der Waals surface area contributed by atoms with Crippen LogP contribution in [-0.4, -0.2) is 21.7 Å². The molecule has 0 aliphatic rings. The Balaban J connectivity index is 4.22. The van der Waals surface area contributed by atoms with Crippen LogP contribution in [0.1, 0.15) is 6.92 Å². The van der Waals surface area contributed by atoms with E-state index in [0.717, 1.165) is 0 Å². The topological polar surface area (TPSA) is 26.3 Å². The quantitative estimate of drug-likeness (QED) is 0.559. The van der Waals surface area contributed by atoms with Gasteiger partial charge in [-0.15, -0.1) is 34.8 Å². The lowest BCUT2D eigenvalue weighted by atomic mass is 10.2. The second kappa shape index (κ2) is 4.61. The second-order valence-corrected chi connectivity index (χ2v) is 3.76. The molecule has 0 N–H and O–H groups in total. The van der Waals surface area contributed by atoms with Crippen LogP contribution >= 0.6 is 46.4 Å². The SMILES string of the molecule is CC(CCl)(OC(=O)Cl)C(Cl)Cl. The molecule has 0 saturated carbocycles. The van der Waals surface area contributed by atoms with E-state index in [4.69, 9.17) is 46.4 Å². The minimum atomic E-state index is -1.12. The Morgan fingerprint density at radius 2 is 2.09 bits per heavy atom. The van der Waals surface area contributed by atoms with Gasteiger partial charge < -0.3 is 4.74 Å². The molecule has 0 amide bonds. The van der Waals surface area contributed by atoms with Crippen LogP contribution in [0, 0.1) is 0 Å². The molecule has 0 aliphatic carbocycles. The highest BCUT2D eigenvalue weighted by Gasteiger charge is 2.34. The van der Waals surface area contributed by atoms with Crippen LogP contribution in [0.4, 0.5) is 4.79 Å². The van der Waals surface area contributed by atoms with Crippen molar-refractivity contribution >= 4 is 51.8 Å². The molecule has 0 aromatic heterocycles. The molecule has 6 heteroatoms. The first kappa shape index (κ1) is 11.6. The van der Waals surface area contributed by atoms with Crippen LogP contribution in [0.2, 0.25) is 0 Å². The first-order valence-corrected chi connectivity index (χ1v) is 4.43.